The second-order valence-electron chi connectivity index (χ2n) is 5.62. The molecule has 1 saturated heterocycles. The largest absolute Gasteiger partial charge is 0.441 e. The van der Waals surface area contributed by atoms with Gasteiger partial charge in [0.15, 0.2) is 17.3 Å². The first-order valence-electron chi connectivity index (χ1n) is 7.29. The van der Waals surface area contributed by atoms with Crippen LogP contribution < -0.4 is 0 Å². The van der Waals surface area contributed by atoms with E-state index >= 15 is 0 Å². The van der Waals surface area contributed by atoms with Crippen LogP contribution >= 0.6 is 0 Å². The van der Waals surface area contributed by atoms with E-state index < -0.39 is 0 Å². The first kappa shape index (κ1) is 13.6. The summed E-state index contributed by atoms with van der Waals surface area (Å²) in [6.07, 6.45) is 3.87. The van der Waals surface area contributed by atoms with Gasteiger partial charge in [0.2, 0.25) is 0 Å². The maximum atomic E-state index is 5.75. The SMILES string of the molecule is Cc1ccc2oc(CCCCC3(C)OCCO3)nc2c1. The van der Waals surface area contributed by atoms with Crippen LogP contribution in [0.2, 0.25) is 0 Å². The first-order valence-corrected chi connectivity index (χ1v) is 7.29. The molecule has 1 aromatic heterocycles. The summed E-state index contributed by atoms with van der Waals surface area (Å²) in [5.41, 5.74) is 3.04. The van der Waals surface area contributed by atoms with Gasteiger partial charge >= 0.3 is 0 Å². The Labute approximate surface area is 119 Å². The molecule has 0 N–H and O–H groups in total. The van der Waals surface area contributed by atoms with Crippen molar-refractivity contribution >= 4 is 11.1 Å². The third-order valence-electron chi connectivity index (χ3n) is 3.76. The third-order valence-corrected chi connectivity index (χ3v) is 3.76. The molecule has 2 heterocycles. The molecule has 0 saturated carbocycles. The highest BCUT2D eigenvalue weighted by Crippen LogP contribution is 2.25. The minimum atomic E-state index is -0.377. The highest BCUT2D eigenvalue weighted by atomic mass is 16.7. The van der Waals surface area contributed by atoms with Crippen LogP contribution in [-0.4, -0.2) is 24.0 Å². The standard InChI is InChI=1S/C16H21NO3/c1-12-6-7-14-13(11-12)17-15(20-14)5-3-4-8-16(2)18-9-10-19-16/h6-7,11H,3-5,8-10H2,1-2H3. The van der Waals surface area contributed by atoms with Crippen molar-refractivity contribution < 1.29 is 13.9 Å². The number of ether oxygens (including phenoxy) is 2. The van der Waals surface area contributed by atoms with E-state index in [0.29, 0.717) is 13.2 Å². The molecule has 2 aromatic rings. The molecule has 1 aliphatic heterocycles. The van der Waals surface area contributed by atoms with Crippen molar-refractivity contribution in [3.8, 4) is 0 Å². The van der Waals surface area contributed by atoms with Gasteiger partial charge in [-0.05, 0) is 44.4 Å². The molecule has 4 nitrogen and oxygen atoms in total. The maximum absolute atomic E-state index is 5.75. The van der Waals surface area contributed by atoms with Crippen LogP contribution in [0.25, 0.3) is 11.1 Å². The van der Waals surface area contributed by atoms with Crippen molar-refractivity contribution in [1.82, 2.24) is 4.98 Å². The monoisotopic (exact) mass is 275 g/mol. The van der Waals surface area contributed by atoms with E-state index in [1.807, 2.05) is 19.1 Å². The van der Waals surface area contributed by atoms with Gasteiger partial charge in [-0.2, -0.15) is 0 Å². The van der Waals surface area contributed by atoms with Crippen LogP contribution in [0.3, 0.4) is 0 Å². The number of rotatable bonds is 5. The lowest BCUT2D eigenvalue weighted by molar-refractivity contribution is -0.147. The van der Waals surface area contributed by atoms with Gasteiger partial charge < -0.3 is 13.9 Å². The molecule has 0 atom stereocenters. The molecule has 0 bridgehead atoms. The fourth-order valence-corrected chi connectivity index (χ4v) is 2.62. The van der Waals surface area contributed by atoms with Gasteiger partial charge in [-0.25, -0.2) is 4.98 Å². The Hall–Kier alpha value is -1.39. The highest BCUT2D eigenvalue weighted by Gasteiger charge is 2.29. The molecule has 4 heteroatoms. The summed E-state index contributed by atoms with van der Waals surface area (Å²) in [7, 11) is 0. The smallest absolute Gasteiger partial charge is 0.195 e. The topological polar surface area (TPSA) is 44.5 Å². The van der Waals surface area contributed by atoms with Gasteiger partial charge in [-0.3, -0.25) is 0 Å². The van der Waals surface area contributed by atoms with Crippen molar-refractivity contribution in [2.45, 2.75) is 45.3 Å². The van der Waals surface area contributed by atoms with E-state index in [1.54, 1.807) is 0 Å². The number of aryl methyl sites for hydroxylation is 2. The molecule has 20 heavy (non-hydrogen) atoms. The van der Waals surface area contributed by atoms with E-state index in [9.17, 15) is 0 Å². The molecular weight excluding hydrogens is 254 g/mol. The van der Waals surface area contributed by atoms with Crippen LogP contribution in [0.4, 0.5) is 0 Å². The Balaban J connectivity index is 1.52. The number of nitrogens with zero attached hydrogens (tertiary/aromatic N) is 1. The Kier molecular flexibility index (Phi) is 3.76. The van der Waals surface area contributed by atoms with Crippen LogP contribution in [0, 0.1) is 6.92 Å². The number of hydrogen-bond donors (Lipinski definition) is 0. The maximum Gasteiger partial charge on any atom is 0.195 e. The fraction of sp³-hybridized carbons (Fsp3) is 0.562. The summed E-state index contributed by atoms with van der Waals surface area (Å²) in [5.74, 6) is 0.447. The summed E-state index contributed by atoms with van der Waals surface area (Å²) < 4.78 is 16.9. The number of unbranched alkanes of at least 4 members (excludes halogenated alkanes) is 1. The summed E-state index contributed by atoms with van der Waals surface area (Å²) in [5, 5.41) is 0. The van der Waals surface area contributed by atoms with Crippen molar-refractivity contribution in [3.05, 3.63) is 29.7 Å². The zero-order valence-electron chi connectivity index (χ0n) is 12.1. The van der Waals surface area contributed by atoms with Gasteiger partial charge in [-0.15, -0.1) is 0 Å². The van der Waals surface area contributed by atoms with E-state index in [1.165, 1.54) is 5.56 Å². The highest BCUT2D eigenvalue weighted by molar-refractivity contribution is 5.73. The lowest BCUT2D eigenvalue weighted by Crippen LogP contribution is -2.25. The molecule has 1 fully saturated rings. The van der Waals surface area contributed by atoms with Crippen LogP contribution in [0.1, 0.15) is 37.6 Å². The van der Waals surface area contributed by atoms with Gasteiger partial charge in [0, 0.05) is 12.8 Å². The normalized spacial score (nSPS) is 17.9. The van der Waals surface area contributed by atoms with E-state index in [4.69, 9.17) is 13.9 Å². The average Bonchev–Trinajstić information content (AvgIpc) is 3.01. The molecule has 1 aliphatic rings. The number of oxazole rings is 1. The zero-order valence-corrected chi connectivity index (χ0v) is 12.1. The van der Waals surface area contributed by atoms with Gasteiger partial charge in [-0.1, -0.05) is 6.07 Å². The average molecular weight is 275 g/mol. The fourth-order valence-electron chi connectivity index (χ4n) is 2.62. The minimum absolute atomic E-state index is 0.377. The first-order chi connectivity index (χ1) is 9.65. The molecule has 1 aromatic carbocycles. The van der Waals surface area contributed by atoms with Crippen molar-refractivity contribution in [2.24, 2.45) is 0 Å². The second kappa shape index (κ2) is 5.54. The molecule has 0 unspecified atom stereocenters. The molecule has 0 aliphatic carbocycles. The van der Waals surface area contributed by atoms with Crippen molar-refractivity contribution in [3.63, 3.8) is 0 Å². The third kappa shape index (κ3) is 3.02. The lowest BCUT2D eigenvalue weighted by Gasteiger charge is -2.21. The summed E-state index contributed by atoms with van der Waals surface area (Å²) in [4.78, 5) is 4.53. The summed E-state index contributed by atoms with van der Waals surface area (Å²) in [6, 6.07) is 6.10. The Morgan fingerprint density at radius 2 is 2.00 bits per heavy atom. The molecule has 0 spiro atoms. The summed E-state index contributed by atoms with van der Waals surface area (Å²) >= 11 is 0. The van der Waals surface area contributed by atoms with Crippen LogP contribution in [0.15, 0.2) is 22.6 Å². The Morgan fingerprint density at radius 3 is 2.80 bits per heavy atom. The van der Waals surface area contributed by atoms with Crippen LogP contribution in [-0.2, 0) is 15.9 Å². The van der Waals surface area contributed by atoms with E-state index in [0.717, 1.165) is 42.7 Å². The van der Waals surface area contributed by atoms with Crippen molar-refractivity contribution in [1.29, 1.82) is 0 Å². The minimum Gasteiger partial charge on any atom is -0.441 e. The Morgan fingerprint density at radius 1 is 1.20 bits per heavy atom. The number of benzene rings is 1. The zero-order chi connectivity index (χ0) is 14.0. The summed E-state index contributed by atoms with van der Waals surface area (Å²) in [6.45, 7) is 5.50. The predicted octanol–water partition coefficient (Wildman–Crippen LogP) is 3.61. The predicted molar refractivity (Wildman–Crippen MR) is 76.6 cm³/mol. The number of hydrogen-bond acceptors (Lipinski definition) is 4. The second-order valence-corrected chi connectivity index (χ2v) is 5.62. The molecule has 3 rings (SSSR count). The van der Waals surface area contributed by atoms with E-state index in [2.05, 4.69) is 18.0 Å². The van der Waals surface area contributed by atoms with Crippen LogP contribution in [0.5, 0.6) is 0 Å². The van der Waals surface area contributed by atoms with Gasteiger partial charge in [0.1, 0.15) is 5.52 Å². The number of fused-ring (bicyclic) bond motifs is 1. The lowest BCUT2D eigenvalue weighted by atomic mass is 10.1. The Bertz CT molecular complexity index is 584. The quantitative estimate of drug-likeness (QED) is 0.782. The molecule has 0 amide bonds. The van der Waals surface area contributed by atoms with E-state index in [-0.39, 0.29) is 5.79 Å². The molecule has 0 radical (unpaired) electrons. The van der Waals surface area contributed by atoms with Gasteiger partial charge in [0.25, 0.3) is 0 Å². The molecular formula is C16H21NO3. The molecule has 108 valence electrons. The van der Waals surface area contributed by atoms with Gasteiger partial charge in [0.05, 0.1) is 13.2 Å². The van der Waals surface area contributed by atoms with Crippen molar-refractivity contribution in [2.75, 3.05) is 13.2 Å². The number of aromatic nitrogens is 1.